The fourth-order valence-electron chi connectivity index (χ4n) is 0. The van der Waals surface area contributed by atoms with Crippen molar-refractivity contribution in [1.82, 2.24) is 0 Å². The van der Waals surface area contributed by atoms with Crippen molar-refractivity contribution in [2.75, 3.05) is 0 Å². The molecule has 0 rings (SSSR count). The van der Waals surface area contributed by atoms with E-state index in [0.29, 0.717) is 16.2 Å². The van der Waals surface area contributed by atoms with Crippen molar-refractivity contribution in [2.45, 2.75) is 0 Å². The maximum atomic E-state index is 8.50. The van der Waals surface area contributed by atoms with Crippen LogP contribution in [0.15, 0.2) is 0 Å². The van der Waals surface area contributed by atoms with Gasteiger partial charge >= 0.3 is 45.8 Å². The second-order valence-corrected chi connectivity index (χ2v) is 0.344. The second kappa shape index (κ2) is 27.9. The van der Waals surface area contributed by atoms with Crippen LogP contribution in [0.4, 0.5) is 0 Å². The molecule has 0 aliphatic heterocycles. The van der Waals surface area contributed by atoms with Crippen LogP contribution in [0.5, 0.6) is 0 Å². The summed E-state index contributed by atoms with van der Waals surface area (Å²) in [6.45, 7) is 0. The Kier molecular flexibility index (Phi) is 72.9. The van der Waals surface area contributed by atoms with E-state index in [1.807, 2.05) is 0 Å². The third-order valence-electron chi connectivity index (χ3n) is 0. The van der Waals surface area contributed by atoms with Crippen molar-refractivity contribution in [2.24, 2.45) is 0 Å². The zero-order chi connectivity index (χ0) is 4.71. The Morgan fingerprint density at radius 1 is 1.17 bits per heavy atom. The fourth-order valence-corrected chi connectivity index (χ4v) is 0. The summed E-state index contributed by atoms with van der Waals surface area (Å²) >= 11 is -1.39. The van der Waals surface area contributed by atoms with Crippen molar-refractivity contribution >= 4 is 16.2 Å². The molecule has 0 fully saturated rings. The Morgan fingerprint density at radius 2 is 1.17 bits per heavy atom. The Hall–Kier alpha value is 2.02. The molecule has 0 aliphatic rings. The molecule has 0 atom stereocenters. The number of rotatable bonds is 0. The Labute approximate surface area is 85.8 Å². The molecule has 3 nitrogen and oxygen atoms in total. The predicted molar refractivity (Wildman–Crippen MR) is 9.21 cm³/mol. The summed E-state index contributed by atoms with van der Waals surface area (Å²) < 4.78 is 25.3. The molecule has 0 unspecified atom stereocenters. The van der Waals surface area contributed by atoms with Gasteiger partial charge < -0.3 is 0 Å². The van der Waals surface area contributed by atoms with E-state index in [1.165, 1.54) is 0 Å². The van der Waals surface area contributed by atoms with Gasteiger partial charge in [0.25, 0.3) is 0 Å². The Morgan fingerprint density at radius 3 is 1.17 bits per heavy atom. The first kappa shape index (κ1) is 15.7. The molecule has 0 bridgehead atoms. The summed E-state index contributed by atoms with van der Waals surface area (Å²) in [6.07, 6.45) is 0. The van der Waals surface area contributed by atoms with Crippen LogP contribution < -0.4 is 0 Å². The van der Waals surface area contributed by atoms with E-state index in [0.717, 1.165) is 0 Å². The summed E-state index contributed by atoms with van der Waals surface area (Å²) in [5, 5.41) is 0. The molecule has 0 saturated heterocycles. The van der Waals surface area contributed by atoms with Crippen LogP contribution in [-0.2, 0) is 29.5 Å². The van der Waals surface area contributed by atoms with Crippen molar-refractivity contribution < 1.29 is 71.3 Å². The molecule has 6 heavy (non-hydrogen) atoms. The third-order valence-corrected chi connectivity index (χ3v) is 0. The third kappa shape index (κ3) is 37.1. The molecule has 0 aliphatic carbocycles. The SMILES string of the molecule is [Ce].[O]=[AlH].[O]=[Ti]=[O]. The quantitative estimate of drug-likeness (QED) is 0.527. The summed E-state index contributed by atoms with van der Waals surface area (Å²) in [6, 6.07) is 0. The van der Waals surface area contributed by atoms with E-state index in [-0.39, 0.29) is 41.7 Å². The van der Waals surface area contributed by atoms with Crippen LogP contribution in [0.1, 0.15) is 0 Å². The van der Waals surface area contributed by atoms with Gasteiger partial charge in [-0.3, -0.25) is 0 Å². The first-order valence-electron chi connectivity index (χ1n) is 0.697. The molecule has 30 valence electrons. The fraction of sp³-hybridized carbons (Fsp3) is 0. The number of hydrogen-bond acceptors (Lipinski definition) is 3. The van der Waals surface area contributed by atoms with Gasteiger partial charge in [-0.15, -0.1) is 0 Å². The van der Waals surface area contributed by atoms with Gasteiger partial charge in [-0.05, 0) is 0 Å². The molecule has 0 aromatic carbocycles. The Bertz CT molecular complexity index is 40.1. The topological polar surface area (TPSA) is 51.2 Å². The van der Waals surface area contributed by atoms with E-state index < -0.39 is 19.1 Å². The molecule has 0 aromatic heterocycles. The van der Waals surface area contributed by atoms with Crippen molar-refractivity contribution in [3.63, 3.8) is 0 Å². The predicted octanol–water partition coefficient (Wildman–Crippen LogP) is -1.01. The van der Waals surface area contributed by atoms with E-state index in [2.05, 4.69) is 0 Å². The average molecular weight is 264 g/mol. The van der Waals surface area contributed by atoms with Gasteiger partial charge in [0.1, 0.15) is 0 Å². The van der Waals surface area contributed by atoms with Crippen molar-refractivity contribution in [3.8, 4) is 0 Å². The van der Waals surface area contributed by atoms with Gasteiger partial charge in [-0.25, -0.2) is 0 Å². The molecule has 0 N–H and O–H groups in total. The maximum absolute atomic E-state index is 8.50. The minimum absolute atomic E-state index is 0. The van der Waals surface area contributed by atoms with E-state index in [9.17, 15) is 0 Å². The molecule has 0 saturated carbocycles. The van der Waals surface area contributed by atoms with E-state index in [4.69, 9.17) is 10.5 Å². The zero-order valence-corrected chi connectivity index (χ0v) is 9.05. The van der Waals surface area contributed by atoms with Crippen LogP contribution in [0.3, 0.4) is 0 Å². The molecule has 0 amide bonds. The second-order valence-electron chi connectivity index (χ2n) is 0.0833. The van der Waals surface area contributed by atoms with E-state index in [1.54, 1.807) is 0 Å². The van der Waals surface area contributed by atoms with E-state index >= 15 is 0 Å². The minimum atomic E-state index is -2.00. The molecule has 0 heterocycles. The molecule has 0 aromatic rings. The first-order valence-corrected chi connectivity index (χ1v) is 2.55. The average Bonchev–Trinajstić information content (AvgIpc) is 1.46. The summed E-state index contributed by atoms with van der Waals surface area (Å²) in [7, 11) is 0. The van der Waals surface area contributed by atoms with Crippen molar-refractivity contribution in [1.29, 1.82) is 0 Å². The van der Waals surface area contributed by atoms with Gasteiger partial charge in [-0.1, -0.05) is 0 Å². The molecule has 0 radical (unpaired) electrons. The first-order chi connectivity index (χ1) is 2.41. The van der Waals surface area contributed by atoms with Crippen LogP contribution >= 0.6 is 0 Å². The van der Waals surface area contributed by atoms with Crippen LogP contribution in [-0.4, -0.2) is 16.2 Å². The number of hydrogen-bond donors (Lipinski definition) is 0. The summed E-state index contributed by atoms with van der Waals surface area (Å²) in [5.74, 6) is 0. The van der Waals surface area contributed by atoms with Gasteiger partial charge in [-0.2, -0.15) is 0 Å². The standard InChI is InChI=1S/Al.Ce.3O.Ti.H. The van der Waals surface area contributed by atoms with Crippen molar-refractivity contribution in [3.05, 3.63) is 0 Å². The van der Waals surface area contributed by atoms with Gasteiger partial charge in [0.15, 0.2) is 0 Å². The summed E-state index contributed by atoms with van der Waals surface area (Å²) in [4.78, 5) is 0. The van der Waals surface area contributed by atoms with Gasteiger partial charge in [0.05, 0.1) is 0 Å². The van der Waals surface area contributed by atoms with Gasteiger partial charge in [0, 0.05) is 41.7 Å². The van der Waals surface area contributed by atoms with Crippen LogP contribution in [0, 0.1) is 41.7 Å². The summed E-state index contributed by atoms with van der Waals surface area (Å²) in [5.41, 5.74) is 0. The molecule has 6 heteroatoms. The van der Waals surface area contributed by atoms with Crippen LogP contribution in [0.2, 0.25) is 0 Å². The Balaban J connectivity index is -0.0000000275. The normalized spacial score (nSPS) is 1.83. The van der Waals surface area contributed by atoms with Gasteiger partial charge in [0.2, 0.25) is 0 Å². The molecular formula is HAlCeO3Ti. The monoisotopic (exact) mass is 264 g/mol. The molecule has 0 spiro atoms. The van der Waals surface area contributed by atoms with Crippen LogP contribution in [0.25, 0.3) is 0 Å². The molecular weight excluding hydrogens is 263 g/mol. The zero-order valence-electron chi connectivity index (χ0n) is 2.93.